The lowest BCUT2D eigenvalue weighted by molar-refractivity contribution is -0.135. The number of hydrogen-bond acceptors (Lipinski definition) is 4. The number of likely N-dealkylation sites (tertiary alicyclic amines) is 1. The van der Waals surface area contributed by atoms with Crippen molar-refractivity contribution in [3.63, 3.8) is 0 Å². The summed E-state index contributed by atoms with van der Waals surface area (Å²) in [5.41, 5.74) is 2.14. The molecule has 0 saturated carbocycles. The number of ether oxygens (including phenoxy) is 2. The van der Waals surface area contributed by atoms with Gasteiger partial charge in [-0.15, -0.1) is 0 Å². The summed E-state index contributed by atoms with van der Waals surface area (Å²) >= 11 is 0. The summed E-state index contributed by atoms with van der Waals surface area (Å²) in [7, 11) is 3.80. The van der Waals surface area contributed by atoms with E-state index in [0.717, 1.165) is 50.3 Å². The van der Waals surface area contributed by atoms with Crippen LogP contribution in [0.4, 0.5) is 5.69 Å². The first-order valence-electron chi connectivity index (χ1n) is 10.4. The van der Waals surface area contributed by atoms with Crippen LogP contribution in [0.2, 0.25) is 0 Å². The number of benzene rings is 2. The van der Waals surface area contributed by atoms with Crippen LogP contribution >= 0.6 is 0 Å². The van der Waals surface area contributed by atoms with Crippen molar-refractivity contribution in [2.75, 3.05) is 38.8 Å². The predicted molar refractivity (Wildman–Crippen MR) is 114 cm³/mol. The molecule has 154 valence electrons. The van der Waals surface area contributed by atoms with Gasteiger partial charge in [0.2, 0.25) is 5.91 Å². The number of amides is 1. The molecule has 2 aliphatic heterocycles. The molecule has 1 amide bonds. The molecular formula is C24H30N2O3. The molecule has 5 heteroatoms. The van der Waals surface area contributed by atoms with E-state index in [4.69, 9.17) is 9.47 Å². The minimum absolute atomic E-state index is 0.0829. The molecule has 29 heavy (non-hydrogen) atoms. The first-order chi connectivity index (χ1) is 14.1. The Kier molecular flexibility index (Phi) is 5.76. The summed E-state index contributed by atoms with van der Waals surface area (Å²) in [6, 6.07) is 18.6. The van der Waals surface area contributed by atoms with E-state index >= 15 is 0 Å². The number of nitrogens with zero attached hydrogens (tertiary/aromatic N) is 2. The first-order valence-corrected chi connectivity index (χ1v) is 10.4. The predicted octanol–water partition coefficient (Wildman–Crippen LogP) is 3.52. The van der Waals surface area contributed by atoms with Crippen LogP contribution in [-0.2, 0) is 16.0 Å². The van der Waals surface area contributed by atoms with E-state index in [1.165, 1.54) is 5.69 Å². The van der Waals surface area contributed by atoms with Crippen molar-refractivity contribution in [3.8, 4) is 5.75 Å². The first kappa shape index (κ1) is 19.8. The van der Waals surface area contributed by atoms with Crippen molar-refractivity contribution < 1.29 is 14.3 Å². The van der Waals surface area contributed by atoms with Crippen molar-refractivity contribution in [2.45, 2.75) is 37.3 Å². The van der Waals surface area contributed by atoms with Crippen molar-refractivity contribution in [1.82, 2.24) is 4.90 Å². The summed E-state index contributed by atoms with van der Waals surface area (Å²) in [5, 5.41) is 0. The van der Waals surface area contributed by atoms with Crippen molar-refractivity contribution in [3.05, 3.63) is 60.2 Å². The fraction of sp³-hybridized carbons (Fsp3) is 0.458. The summed E-state index contributed by atoms with van der Waals surface area (Å²) in [6.07, 6.45) is 3.27. The lowest BCUT2D eigenvalue weighted by atomic mass is 9.87. The molecule has 2 saturated heterocycles. The van der Waals surface area contributed by atoms with E-state index in [1.54, 1.807) is 7.11 Å². The summed E-state index contributed by atoms with van der Waals surface area (Å²) < 4.78 is 11.6. The second kappa shape index (κ2) is 8.46. The van der Waals surface area contributed by atoms with E-state index in [2.05, 4.69) is 36.2 Å². The Bertz CT molecular complexity index is 831. The zero-order valence-corrected chi connectivity index (χ0v) is 17.3. The number of likely N-dealkylation sites (N-methyl/N-ethyl adjacent to an activating group) is 1. The van der Waals surface area contributed by atoms with Gasteiger partial charge in [0, 0.05) is 25.8 Å². The molecule has 5 nitrogen and oxygen atoms in total. The van der Waals surface area contributed by atoms with Gasteiger partial charge in [-0.3, -0.25) is 4.79 Å². The van der Waals surface area contributed by atoms with Gasteiger partial charge in [-0.25, -0.2) is 0 Å². The minimum atomic E-state index is -0.0829. The summed E-state index contributed by atoms with van der Waals surface area (Å²) in [6.45, 7) is 2.29. The van der Waals surface area contributed by atoms with Gasteiger partial charge < -0.3 is 19.3 Å². The summed E-state index contributed by atoms with van der Waals surface area (Å²) in [5.74, 6) is 0.977. The zero-order chi connectivity index (χ0) is 20.3. The van der Waals surface area contributed by atoms with Crippen LogP contribution < -0.4 is 9.64 Å². The largest absolute Gasteiger partial charge is 0.497 e. The normalized spacial score (nSPS) is 20.6. The van der Waals surface area contributed by atoms with Crippen LogP contribution in [-0.4, -0.2) is 56.3 Å². The van der Waals surface area contributed by atoms with Crippen molar-refractivity contribution in [2.24, 2.45) is 0 Å². The highest BCUT2D eigenvalue weighted by Gasteiger charge is 2.44. The van der Waals surface area contributed by atoms with Gasteiger partial charge in [0.1, 0.15) is 5.75 Å². The molecule has 0 radical (unpaired) electrons. The van der Waals surface area contributed by atoms with Gasteiger partial charge >= 0.3 is 0 Å². The molecule has 2 aromatic carbocycles. The minimum Gasteiger partial charge on any atom is -0.497 e. The molecule has 0 bridgehead atoms. The van der Waals surface area contributed by atoms with Gasteiger partial charge in [0.25, 0.3) is 0 Å². The van der Waals surface area contributed by atoms with Gasteiger partial charge in [0.15, 0.2) is 0 Å². The Morgan fingerprint density at radius 2 is 1.93 bits per heavy atom. The third kappa shape index (κ3) is 4.40. The third-order valence-corrected chi connectivity index (χ3v) is 6.42. The number of methoxy groups -OCH3 is 1. The zero-order valence-electron chi connectivity index (χ0n) is 17.3. The van der Waals surface area contributed by atoms with Crippen LogP contribution in [0.1, 0.15) is 24.8 Å². The molecule has 2 fully saturated rings. The van der Waals surface area contributed by atoms with E-state index < -0.39 is 0 Å². The van der Waals surface area contributed by atoms with Crippen LogP contribution in [0.5, 0.6) is 5.75 Å². The molecule has 0 N–H and O–H groups in total. The average molecular weight is 395 g/mol. The second-order valence-corrected chi connectivity index (χ2v) is 8.21. The lowest BCUT2D eigenvalue weighted by Crippen LogP contribution is -2.47. The lowest BCUT2D eigenvalue weighted by Gasteiger charge is -2.39. The number of hydrogen-bond donors (Lipinski definition) is 0. The summed E-state index contributed by atoms with van der Waals surface area (Å²) in [4.78, 5) is 17.1. The molecule has 0 aliphatic carbocycles. The SMILES string of the molecule is COc1cccc(CC(=O)N2CCC3(CC2)C[C@@H](N(C)c2ccccc2)CO3)c1. The van der Waals surface area contributed by atoms with E-state index in [0.29, 0.717) is 12.5 Å². The van der Waals surface area contributed by atoms with E-state index in [-0.39, 0.29) is 11.5 Å². The standard InChI is InChI=1S/C24H30N2O3/c1-25(20-8-4-3-5-9-20)21-17-24(29-18-21)11-13-26(14-12-24)23(27)16-19-7-6-10-22(15-19)28-2/h3-10,15,21H,11-14,16-18H2,1-2H3/t21-/m1/s1. The average Bonchev–Trinajstić information content (AvgIpc) is 3.18. The number of para-hydroxylation sites is 1. The molecule has 2 heterocycles. The van der Waals surface area contributed by atoms with Crippen molar-refractivity contribution >= 4 is 11.6 Å². The maximum Gasteiger partial charge on any atom is 0.226 e. The third-order valence-electron chi connectivity index (χ3n) is 6.42. The van der Waals surface area contributed by atoms with Gasteiger partial charge in [0.05, 0.1) is 31.8 Å². The number of anilines is 1. The Morgan fingerprint density at radius 1 is 1.17 bits per heavy atom. The van der Waals surface area contributed by atoms with Crippen LogP contribution in [0.15, 0.2) is 54.6 Å². The Balaban J connectivity index is 1.31. The fourth-order valence-electron chi connectivity index (χ4n) is 4.52. The molecule has 0 aromatic heterocycles. The number of rotatable bonds is 5. The van der Waals surface area contributed by atoms with Crippen LogP contribution in [0, 0.1) is 0 Å². The highest BCUT2D eigenvalue weighted by Crippen LogP contribution is 2.38. The topological polar surface area (TPSA) is 42.0 Å². The highest BCUT2D eigenvalue weighted by atomic mass is 16.5. The van der Waals surface area contributed by atoms with Crippen molar-refractivity contribution in [1.29, 1.82) is 0 Å². The highest BCUT2D eigenvalue weighted by molar-refractivity contribution is 5.79. The maximum atomic E-state index is 12.8. The van der Waals surface area contributed by atoms with E-state index in [9.17, 15) is 4.79 Å². The number of piperidine rings is 1. The maximum absolute atomic E-state index is 12.8. The smallest absolute Gasteiger partial charge is 0.226 e. The molecule has 1 atom stereocenters. The molecule has 0 unspecified atom stereocenters. The van der Waals surface area contributed by atoms with Crippen LogP contribution in [0.25, 0.3) is 0 Å². The molecule has 2 aromatic rings. The fourth-order valence-corrected chi connectivity index (χ4v) is 4.52. The van der Waals surface area contributed by atoms with Gasteiger partial charge in [-0.05, 0) is 49.1 Å². The van der Waals surface area contributed by atoms with Gasteiger partial charge in [-0.2, -0.15) is 0 Å². The Hall–Kier alpha value is -2.53. The number of carbonyl (C=O) groups excluding carboxylic acids is 1. The Labute approximate surface area is 173 Å². The number of carbonyl (C=O) groups is 1. The molecule has 2 aliphatic rings. The second-order valence-electron chi connectivity index (χ2n) is 8.21. The van der Waals surface area contributed by atoms with E-state index in [1.807, 2.05) is 35.2 Å². The monoisotopic (exact) mass is 394 g/mol. The molecular weight excluding hydrogens is 364 g/mol. The molecule has 1 spiro atoms. The van der Waals surface area contributed by atoms with Gasteiger partial charge in [-0.1, -0.05) is 30.3 Å². The molecule has 4 rings (SSSR count). The quantitative estimate of drug-likeness (QED) is 0.778. The van der Waals surface area contributed by atoms with Crippen LogP contribution in [0.3, 0.4) is 0 Å². The Morgan fingerprint density at radius 3 is 2.66 bits per heavy atom.